The molecule has 4 heteroatoms. The van der Waals surface area contributed by atoms with Gasteiger partial charge in [-0.15, -0.1) is 0 Å². The van der Waals surface area contributed by atoms with Crippen molar-refractivity contribution in [3.05, 3.63) is 28.2 Å². The minimum atomic E-state index is -0.0234. The van der Waals surface area contributed by atoms with E-state index in [0.717, 1.165) is 17.3 Å². The van der Waals surface area contributed by atoms with Crippen LogP contribution in [0.15, 0.2) is 22.7 Å². The molecule has 0 saturated carbocycles. The maximum atomic E-state index is 12.3. The molecule has 0 aliphatic carbocycles. The number of amides is 1. The second-order valence-corrected chi connectivity index (χ2v) is 5.20. The first-order chi connectivity index (χ1) is 7.97. The molecule has 1 unspecified atom stereocenters. The quantitative estimate of drug-likeness (QED) is 0.867. The zero-order valence-electron chi connectivity index (χ0n) is 10.5. The molecule has 0 radical (unpaired) electrons. The molecule has 0 bridgehead atoms. The average molecular weight is 299 g/mol. The van der Waals surface area contributed by atoms with Crippen molar-refractivity contribution in [3.63, 3.8) is 0 Å². The smallest absolute Gasteiger partial charge is 0.255 e. The molecular weight excluding hydrogens is 280 g/mol. The first-order valence-corrected chi connectivity index (χ1v) is 6.58. The van der Waals surface area contributed by atoms with Gasteiger partial charge in [0.1, 0.15) is 0 Å². The Morgan fingerprint density at radius 3 is 2.76 bits per heavy atom. The van der Waals surface area contributed by atoms with E-state index in [1.54, 1.807) is 17.0 Å². The molecule has 0 saturated heterocycles. The third-order valence-corrected chi connectivity index (χ3v) is 3.43. The predicted molar refractivity (Wildman–Crippen MR) is 75.0 cm³/mol. The zero-order chi connectivity index (χ0) is 13.0. The lowest BCUT2D eigenvalue weighted by molar-refractivity contribution is 0.0738. The highest BCUT2D eigenvalue weighted by molar-refractivity contribution is 9.10. The second-order valence-electron chi connectivity index (χ2n) is 4.29. The van der Waals surface area contributed by atoms with Crippen LogP contribution in [0.3, 0.4) is 0 Å². The molecule has 0 aliphatic heterocycles. The molecule has 17 heavy (non-hydrogen) atoms. The highest BCUT2D eigenvalue weighted by atomic mass is 79.9. The standard InChI is InChI=1S/C13H19BrN2O/c1-4-5-9(2)16(3)13(17)11-8-10(14)6-7-12(11)15/h6-9H,4-5,15H2,1-3H3. The van der Waals surface area contributed by atoms with Gasteiger partial charge in [-0.25, -0.2) is 0 Å². The van der Waals surface area contributed by atoms with Crippen LogP contribution in [0.4, 0.5) is 5.69 Å². The fraction of sp³-hybridized carbons (Fsp3) is 0.462. The fourth-order valence-corrected chi connectivity index (χ4v) is 2.08. The second kappa shape index (κ2) is 6.05. The Labute approximate surface area is 111 Å². The van der Waals surface area contributed by atoms with E-state index in [-0.39, 0.29) is 11.9 Å². The van der Waals surface area contributed by atoms with Gasteiger partial charge < -0.3 is 10.6 Å². The summed E-state index contributed by atoms with van der Waals surface area (Å²) in [5.41, 5.74) is 6.92. The van der Waals surface area contributed by atoms with Gasteiger partial charge in [0, 0.05) is 23.2 Å². The van der Waals surface area contributed by atoms with Crippen molar-refractivity contribution in [2.45, 2.75) is 32.7 Å². The van der Waals surface area contributed by atoms with Gasteiger partial charge in [0.25, 0.3) is 5.91 Å². The van der Waals surface area contributed by atoms with Gasteiger partial charge in [0.05, 0.1) is 5.56 Å². The van der Waals surface area contributed by atoms with Crippen LogP contribution in [0.1, 0.15) is 37.0 Å². The Balaban J connectivity index is 2.92. The number of halogens is 1. The van der Waals surface area contributed by atoms with Crippen molar-refractivity contribution in [1.82, 2.24) is 4.90 Å². The normalized spacial score (nSPS) is 12.2. The lowest BCUT2D eigenvalue weighted by Crippen LogP contribution is -2.35. The maximum absolute atomic E-state index is 12.3. The molecule has 0 spiro atoms. The van der Waals surface area contributed by atoms with Gasteiger partial charge in [-0.1, -0.05) is 29.3 Å². The topological polar surface area (TPSA) is 46.3 Å². The van der Waals surface area contributed by atoms with Crippen LogP contribution in [0.5, 0.6) is 0 Å². The van der Waals surface area contributed by atoms with Crippen molar-refractivity contribution < 1.29 is 4.79 Å². The van der Waals surface area contributed by atoms with Gasteiger partial charge in [-0.05, 0) is 31.5 Å². The Bertz CT molecular complexity index is 406. The number of anilines is 1. The summed E-state index contributed by atoms with van der Waals surface area (Å²) in [6, 6.07) is 5.58. The van der Waals surface area contributed by atoms with Crippen molar-refractivity contribution in [1.29, 1.82) is 0 Å². The molecule has 0 heterocycles. The lowest BCUT2D eigenvalue weighted by Gasteiger charge is -2.25. The number of nitrogens with zero attached hydrogens (tertiary/aromatic N) is 1. The summed E-state index contributed by atoms with van der Waals surface area (Å²) in [5.74, 6) is -0.0234. The minimum Gasteiger partial charge on any atom is -0.398 e. The SMILES string of the molecule is CCCC(C)N(C)C(=O)c1cc(Br)ccc1N. The summed E-state index contributed by atoms with van der Waals surface area (Å²) in [5, 5.41) is 0. The Hall–Kier alpha value is -1.03. The van der Waals surface area contributed by atoms with Gasteiger partial charge >= 0.3 is 0 Å². The number of hydrogen-bond donors (Lipinski definition) is 1. The molecule has 1 aromatic rings. The summed E-state index contributed by atoms with van der Waals surface area (Å²) < 4.78 is 0.867. The van der Waals surface area contributed by atoms with E-state index in [0.29, 0.717) is 11.3 Å². The summed E-state index contributed by atoms with van der Waals surface area (Å²) in [6.45, 7) is 4.16. The zero-order valence-corrected chi connectivity index (χ0v) is 12.1. The number of nitrogens with two attached hydrogens (primary N) is 1. The van der Waals surface area contributed by atoms with Crippen LogP contribution in [0.25, 0.3) is 0 Å². The summed E-state index contributed by atoms with van der Waals surface area (Å²) in [4.78, 5) is 14.0. The van der Waals surface area contributed by atoms with Crippen LogP contribution in [-0.4, -0.2) is 23.9 Å². The van der Waals surface area contributed by atoms with Gasteiger partial charge in [-0.3, -0.25) is 4.79 Å². The number of hydrogen-bond acceptors (Lipinski definition) is 2. The van der Waals surface area contributed by atoms with Crippen molar-refractivity contribution >= 4 is 27.5 Å². The van der Waals surface area contributed by atoms with Crippen molar-refractivity contribution in [2.75, 3.05) is 12.8 Å². The van der Waals surface area contributed by atoms with E-state index in [1.165, 1.54) is 0 Å². The minimum absolute atomic E-state index is 0.0234. The molecule has 1 aromatic carbocycles. The highest BCUT2D eigenvalue weighted by Crippen LogP contribution is 2.21. The molecule has 1 atom stereocenters. The molecule has 0 aromatic heterocycles. The molecule has 0 aliphatic rings. The van der Waals surface area contributed by atoms with Gasteiger partial charge in [-0.2, -0.15) is 0 Å². The van der Waals surface area contributed by atoms with Gasteiger partial charge in [0.2, 0.25) is 0 Å². The monoisotopic (exact) mass is 298 g/mol. The molecule has 2 N–H and O–H groups in total. The van der Waals surface area contributed by atoms with Crippen LogP contribution in [-0.2, 0) is 0 Å². The van der Waals surface area contributed by atoms with E-state index in [9.17, 15) is 4.79 Å². The first kappa shape index (κ1) is 14.0. The third-order valence-electron chi connectivity index (χ3n) is 2.93. The largest absolute Gasteiger partial charge is 0.398 e. The first-order valence-electron chi connectivity index (χ1n) is 5.79. The summed E-state index contributed by atoms with van der Waals surface area (Å²) in [6.07, 6.45) is 2.06. The maximum Gasteiger partial charge on any atom is 0.255 e. The lowest BCUT2D eigenvalue weighted by atomic mass is 10.1. The Morgan fingerprint density at radius 1 is 1.53 bits per heavy atom. The molecule has 3 nitrogen and oxygen atoms in total. The highest BCUT2D eigenvalue weighted by Gasteiger charge is 2.19. The van der Waals surface area contributed by atoms with Crippen LogP contribution >= 0.6 is 15.9 Å². The Kier molecular flexibility index (Phi) is 5.00. The van der Waals surface area contributed by atoms with Crippen molar-refractivity contribution in [2.24, 2.45) is 0 Å². The molecule has 94 valence electrons. The van der Waals surface area contributed by atoms with Crippen LogP contribution in [0.2, 0.25) is 0 Å². The number of carbonyl (C=O) groups is 1. The van der Waals surface area contributed by atoms with E-state index in [2.05, 4.69) is 29.8 Å². The number of carbonyl (C=O) groups excluding carboxylic acids is 1. The Morgan fingerprint density at radius 2 is 2.18 bits per heavy atom. The van der Waals surface area contributed by atoms with Crippen LogP contribution in [0, 0.1) is 0 Å². The number of nitrogen functional groups attached to an aromatic ring is 1. The van der Waals surface area contributed by atoms with E-state index in [1.807, 2.05) is 13.1 Å². The summed E-state index contributed by atoms with van der Waals surface area (Å²) in [7, 11) is 1.82. The molecule has 1 amide bonds. The predicted octanol–water partition coefficient (Wildman–Crippen LogP) is 3.29. The van der Waals surface area contributed by atoms with Gasteiger partial charge in [0.15, 0.2) is 0 Å². The third kappa shape index (κ3) is 3.46. The van der Waals surface area contributed by atoms with Crippen molar-refractivity contribution in [3.8, 4) is 0 Å². The number of rotatable bonds is 4. The number of benzene rings is 1. The fourth-order valence-electron chi connectivity index (χ4n) is 1.72. The van der Waals surface area contributed by atoms with E-state index < -0.39 is 0 Å². The summed E-state index contributed by atoms with van der Waals surface area (Å²) >= 11 is 3.36. The van der Waals surface area contributed by atoms with E-state index >= 15 is 0 Å². The average Bonchev–Trinajstić information content (AvgIpc) is 2.30. The van der Waals surface area contributed by atoms with Crippen LogP contribution < -0.4 is 5.73 Å². The molecular formula is C13H19BrN2O. The van der Waals surface area contributed by atoms with E-state index in [4.69, 9.17) is 5.73 Å². The molecule has 1 rings (SSSR count). The molecule has 0 fully saturated rings.